The lowest BCUT2D eigenvalue weighted by Gasteiger charge is -2.01. The summed E-state index contributed by atoms with van der Waals surface area (Å²) in [5, 5.41) is 12.9. The number of aromatic amines is 1. The van der Waals surface area contributed by atoms with E-state index in [9.17, 15) is 14.4 Å². The van der Waals surface area contributed by atoms with Gasteiger partial charge in [0.2, 0.25) is 0 Å². The molecule has 0 atom stereocenters. The maximum atomic E-state index is 12.4. The number of fused-ring (bicyclic) bond motifs is 1. The van der Waals surface area contributed by atoms with Gasteiger partial charge in [-0.1, -0.05) is 0 Å². The van der Waals surface area contributed by atoms with Gasteiger partial charge in [0.05, 0.1) is 10.9 Å². The Morgan fingerprint density at radius 2 is 2.05 bits per heavy atom. The smallest absolute Gasteiger partial charge is 0.346 e. The second-order valence-corrected chi connectivity index (χ2v) is 5.96. The van der Waals surface area contributed by atoms with Crippen LogP contribution >= 0.6 is 22.7 Å². The van der Waals surface area contributed by atoms with Crippen molar-refractivity contribution < 1.29 is 9.90 Å². The van der Waals surface area contributed by atoms with Crippen LogP contribution in [-0.4, -0.2) is 20.6 Å². The largest absolute Gasteiger partial charge is 0.477 e. The Kier molecular flexibility index (Phi) is 2.84. The molecule has 0 bridgehead atoms. The average molecular weight is 308 g/mol. The summed E-state index contributed by atoms with van der Waals surface area (Å²) in [6.45, 7) is 1.85. The fraction of sp³-hybridized carbons (Fsp3) is 0.0833. The van der Waals surface area contributed by atoms with E-state index in [1.54, 1.807) is 6.07 Å². The van der Waals surface area contributed by atoms with Crippen LogP contribution in [0.25, 0.3) is 15.9 Å². The molecule has 0 fully saturated rings. The first-order valence-electron chi connectivity index (χ1n) is 5.54. The lowest BCUT2D eigenvalue weighted by atomic mass is 10.3. The average Bonchev–Trinajstić information content (AvgIpc) is 2.95. The van der Waals surface area contributed by atoms with E-state index < -0.39 is 17.2 Å². The molecular weight excluding hydrogens is 300 g/mol. The second kappa shape index (κ2) is 4.43. The van der Waals surface area contributed by atoms with Gasteiger partial charge < -0.3 is 10.1 Å². The molecular formula is C12H8N2O4S2. The number of hydrogen-bond acceptors (Lipinski definition) is 5. The summed E-state index contributed by atoms with van der Waals surface area (Å²) in [6, 6.07) is 1.71. The van der Waals surface area contributed by atoms with Crippen LogP contribution in [0, 0.1) is 6.92 Å². The number of aromatic nitrogens is 2. The molecule has 3 rings (SSSR count). The first-order chi connectivity index (χ1) is 9.49. The molecule has 20 heavy (non-hydrogen) atoms. The normalized spacial score (nSPS) is 11.1. The number of carboxylic acid groups (broad SMARTS) is 1. The first-order valence-corrected chi connectivity index (χ1v) is 7.30. The van der Waals surface area contributed by atoms with Crippen molar-refractivity contribution in [3.63, 3.8) is 0 Å². The maximum Gasteiger partial charge on any atom is 0.346 e. The van der Waals surface area contributed by atoms with Gasteiger partial charge in [0.15, 0.2) is 0 Å². The Morgan fingerprint density at radius 3 is 2.65 bits per heavy atom. The lowest BCUT2D eigenvalue weighted by molar-refractivity contribution is 0.0704. The number of aryl methyl sites for hydroxylation is 1. The highest BCUT2D eigenvalue weighted by molar-refractivity contribution is 7.13. The molecule has 0 aliphatic rings. The minimum absolute atomic E-state index is 0.0353. The van der Waals surface area contributed by atoms with Crippen LogP contribution in [0.1, 0.15) is 15.2 Å². The van der Waals surface area contributed by atoms with Gasteiger partial charge in [-0.2, -0.15) is 0 Å². The van der Waals surface area contributed by atoms with Crippen molar-refractivity contribution in [3.05, 3.63) is 48.1 Å². The third-order valence-electron chi connectivity index (χ3n) is 2.78. The quantitative estimate of drug-likeness (QED) is 0.755. The van der Waals surface area contributed by atoms with Gasteiger partial charge in [-0.25, -0.2) is 14.2 Å². The van der Waals surface area contributed by atoms with Crippen LogP contribution in [0.15, 0.2) is 26.4 Å². The maximum absolute atomic E-state index is 12.4. The number of aromatic carboxylic acids is 1. The zero-order chi connectivity index (χ0) is 14.4. The van der Waals surface area contributed by atoms with Gasteiger partial charge in [-0.05, 0) is 23.9 Å². The molecule has 0 aliphatic heterocycles. The second-order valence-electron chi connectivity index (χ2n) is 4.19. The van der Waals surface area contributed by atoms with Crippen molar-refractivity contribution in [3.8, 4) is 5.00 Å². The van der Waals surface area contributed by atoms with Crippen molar-refractivity contribution >= 4 is 39.5 Å². The van der Waals surface area contributed by atoms with E-state index in [0.29, 0.717) is 5.00 Å². The third-order valence-corrected chi connectivity index (χ3v) is 4.78. The monoisotopic (exact) mass is 308 g/mol. The molecule has 0 unspecified atom stereocenters. The molecule has 3 aromatic heterocycles. The molecule has 0 amide bonds. The van der Waals surface area contributed by atoms with E-state index in [1.165, 1.54) is 16.7 Å². The standard InChI is InChI=1S/C12H8N2O4S2/c1-5-2-7(19-3-5)14-10(15)8-6(13-12(14)18)4-20-9(8)11(16)17/h2-4H,1H3,(H,13,18)(H,16,17). The lowest BCUT2D eigenvalue weighted by Crippen LogP contribution is -2.33. The van der Waals surface area contributed by atoms with Gasteiger partial charge in [-0.3, -0.25) is 4.79 Å². The van der Waals surface area contributed by atoms with E-state index in [0.717, 1.165) is 21.5 Å². The first kappa shape index (κ1) is 12.8. The zero-order valence-corrected chi connectivity index (χ0v) is 11.8. The third kappa shape index (κ3) is 1.81. The summed E-state index contributed by atoms with van der Waals surface area (Å²) in [6.07, 6.45) is 0. The van der Waals surface area contributed by atoms with E-state index in [2.05, 4.69) is 4.98 Å². The summed E-state index contributed by atoms with van der Waals surface area (Å²) in [5.41, 5.74) is 0.00967. The van der Waals surface area contributed by atoms with Crippen LogP contribution in [0.5, 0.6) is 0 Å². The van der Waals surface area contributed by atoms with Gasteiger partial charge in [0.25, 0.3) is 5.56 Å². The van der Waals surface area contributed by atoms with Gasteiger partial charge >= 0.3 is 11.7 Å². The zero-order valence-electron chi connectivity index (χ0n) is 10.2. The number of nitrogens with one attached hydrogen (secondary N) is 1. The fourth-order valence-electron chi connectivity index (χ4n) is 1.93. The van der Waals surface area contributed by atoms with Crippen molar-refractivity contribution in [2.75, 3.05) is 0 Å². The number of carbonyl (C=O) groups is 1. The number of rotatable bonds is 2. The SMILES string of the molecule is Cc1csc(-n2c(=O)[nH]c3csc(C(=O)O)c3c2=O)c1. The summed E-state index contributed by atoms with van der Waals surface area (Å²) >= 11 is 2.18. The molecule has 0 aromatic carbocycles. The van der Waals surface area contributed by atoms with Crippen LogP contribution in [0.3, 0.4) is 0 Å². The van der Waals surface area contributed by atoms with Crippen LogP contribution in [0.4, 0.5) is 0 Å². The topological polar surface area (TPSA) is 92.2 Å². The van der Waals surface area contributed by atoms with Crippen molar-refractivity contribution in [1.29, 1.82) is 0 Å². The Labute approximate surface area is 119 Å². The van der Waals surface area contributed by atoms with E-state index in [1.807, 2.05) is 12.3 Å². The van der Waals surface area contributed by atoms with Gasteiger partial charge in [0.1, 0.15) is 9.88 Å². The minimum Gasteiger partial charge on any atom is -0.477 e. The Bertz CT molecular complexity index is 944. The minimum atomic E-state index is -1.18. The highest BCUT2D eigenvalue weighted by Gasteiger charge is 2.19. The molecule has 0 radical (unpaired) electrons. The Balaban J connectivity index is 2.44. The number of hydrogen-bond donors (Lipinski definition) is 2. The Morgan fingerprint density at radius 1 is 1.30 bits per heavy atom. The van der Waals surface area contributed by atoms with Crippen molar-refractivity contribution in [2.24, 2.45) is 0 Å². The highest BCUT2D eigenvalue weighted by Crippen LogP contribution is 2.22. The van der Waals surface area contributed by atoms with Gasteiger partial charge in [0, 0.05) is 5.38 Å². The summed E-state index contributed by atoms with van der Waals surface area (Å²) in [4.78, 5) is 38.1. The predicted molar refractivity (Wildman–Crippen MR) is 77.6 cm³/mol. The van der Waals surface area contributed by atoms with Crippen LogP contribution in [-0.2, 0) is 0 Å². The Hall–Kier alpha value is -2.19. The van der Waals surface area contributed by atoms with Gasteiger partial charge in [-0.15, -0.1) is 22.7 Å². The summed E-state index contributed by atoms with van der Waals surface area (Å²) < 4.78 is 0.971. The van der Waals surface area contributed by atoms with Crippen molar-refractivity contribution in [1.82, 2.24) is 9.55 Å². The molecule has 2 N–H and O–H groups in total. The molecule has 8 heteroatoms. The van der Waals surface area contributed by atoms with E-state index in [-0.39, 0.29) is 15.8 Å². The number of H-pyrrole nitrogens is 1. The molecule has 0 saturated heterocycles. The van der Waals surface area contributed by atoms with Crippen LogP contribution < -0.4 is 11.2 Å². The molecule has 6 nitrogen and oxygen atoms in total. The summed E-state index contributed by atoms with van der Waals surface area (Å²) in [5.74, 6) is -1.18. The molecule has 102 valence electrons. The highest BCUT2D eigenvalue weighted by atomic mass is 32.1. The van der Waals surface area contributed by atoms with Crippen LogP contribution in [0.2, 0.25) is 0 Å². The van der Waals surface area contributed by atoms with E-state index in [4.69, 9.17) is 5.11 Å². The predicted octanol–water partition coefficient (Wildman–Crippen LogP) is 1.81. The summed E-state index contributed by atoms with van der Waals surface area (Å²) in [7, 11) is 0. The molecule has 0 saturated carbocycles. The van der Waals surface area contributed by atoms with E-state index >= 15 is 0 Å². The number of thiophene rings is 2. The van der Waals surface area contributed by atoms with Crippen molar-refractivity contribution in [2.45, 2.75) is 6.92 Å². The molecule has 3 aromatic rings. The number of carboxylic acids is 1. The fourth-order valence-corrected chi connectivity index (χ4v) is 3.66. The molecule has 3 heterocycles. The molecule has 0 aliphatic carbocycles. The number of nitrogens with zero attached hydrogens (tertiary/aromatic N) is 1. The molecule has 0 spiro atoms.